The van der Waals surface area contributed by atoms with E-state index in [1.165, 1.54) is 28.2 Å². The van der Waals surface area contributed by atoms with Gasteiger partial charge in [0.1, 0.15) is 6.29 Å². The first kappa shape index (κ1) is 17.5. The third-order valence-electron chi connectivity index (χ3n) is 4.27. The lowest BCUT2D eigenvalue weighted by Gasteiger charge is -2.17. The van der Waals surface area contributed by atoms with Crippen molar-refractivity contribution in [3.05, 3.63) is 76.8 Å². The van der Waals surface area contributed by atoms with Crippen LogP contribution in [0.3, 0.4) is 0 Å². The zero-order valence-electron chi connectivity index (χ0n) is 13.9. The Morgan fingerprint density at radius 2 is 1.96 bits per heavy atom. The first-order valence-corrected chi connectivity index (χ1v) is 8.99. The molecule has 0 radical (unpaired) electrons. The topological polar surface area (TPSA) is 34.9 Å². The number of benzene rings is 2. The molecule has 4 aromatic rings. The van der Waals surface area contributed by atoms with Crippen LogP contribution in [0.4, 0.5) is 13.2 Å². The normalized spacial score (nSPS) is 11.8. The number of fused-ring (bicyclic) bond motifs is 1. The van der Waals surface area contributed by atoms with Crippen molar-refractivity contribution in [3.63, 3.8) is 0 Å². The quantitative estimate of drug-likeness (QED) is 0.425. The maximum atomic E-state index is 13.8. The SMILES string of the molecule is O=Cc1ccc2nn(Cc3cccc(-c4cccs4)c3C(F)(F)F)cc2c1. The first-order valence-electron chi connectivity index (χ1n) is 8.11. The van der Waals surface area contributed by atoms with Gasteiger partial charge in [0, 0.05) is 27.6 Å². The summed E-state index contributed by atoms with van der Waals surface area (Å²) in [5.41, 5.74) is 0.814. The zero-order chi connectivity index (χ0) is 19.0. The molecule has 0 saturated carbocycles. The highest BCUT2D eigenvalue weighted by Gasteiger charge is 2.36. The van der Waals surface area contributed by atoms with E-state index in [0.717, 1.165) is 6.29 Å². The molecule has 27 heavy (non-hydrogen) atoms. The summed E-state index contributed by atoms with van der Waals surface area (Å²) in [4.78, 5) is 11.5. The molecule has 0 N–H and O–H groups in total. The molecule has 0 aliphatic heterocycles. The number of aldehydes is 1. The number of hydrogen-bond acceptors (Lipinski definition) is 3. The molecule has 136 valence electrons. The van der Waals surface area contributed by atoms with Gasteiger partial charge in [0.2, 0.25) is 0 Å². The minimum atomic E-state index is -4.48. The smallest absolute Gasteiger partial charge is 0.298 e. The van der Waals surface area contributed by atoms with Gasteiger partial charge in [-0.2, -0.15) is 18.3 Å². The molecule has 0 saturated heterocycles. The lowest BCUT2D eigenvalue weighted by atomic mass is 9.99. The van der Waals surface area contributed by atoms with Crippen LogP contribution in [0, 0.1) is 0 Å². The average Bonchev–Trinajstić information content (AvgIpc) is 3.29. The summed E-state index contributed by atoms with van der Waals surface area (Å²) in [5.74, 6) is 0. The van der Waals surface area contributed by atoms with E-state index in [4.69, 9.17) is 0 Å². The Labute approximate surface area is 156 Å². The van der Waals surface area contributed by atoms with Gasteiger partial charge in [-0.3, -0.25) is 9.48 Å². The van der Waals surface area contributed by atoms with Gasteiger partial charge in [-0.05, 0) is 35.2 Å². The van der Waals surface area contributed by atoms with Crippen LogP contribution in [-0.4, -0.2) is 16.1 Å². The molecule has 3 nitrogen and oxygen atoms in total. The van der Waals surface area contributed by atoms with Crippen molar-refractivity contribution in [1.82, 2.24) is 9.78 Å². The lowest BCUT2D eigenvalue weighted by Crippen LogP contribution is -2.13. The molecule has 2 aromatic heterocycles. The van der Waals surface area contributed by atoms with Crippen LogP contribution in [0.15, 0.2) is 60.1 Å². The van der Waals surface area contributed by atoms with Crippen LogP contribution < -0.4 is 0 Å². The van der Waals surface area contributed by atoms with Gasteiger partial charge in [0.25, 0.3) is 0 Å². The largest absolute Gasteiger partial charge is 0.417 e. The third-order valence-corrected chi connectivity index (χ3v) is 5.17. The second kappa shape index (κ2) is 6.66. The molecule has 0 atom stereocenters. The fourth-order valence-electron chi connectivity index (χ4n) is 3.13. The summed E-state index contributed by atoms with van der Waals surface area (Å²) in [6, 6.07) is 13.0. The van der Waals surface area contributed by atoms with Crippen LogP contribution >= 0.6 is 11.3 Å². The Kier molecular flexibility index (Phi) is 4.31. The fraction of sp³-hybridized carbons (Fsp3) is 0.100. The van der Waals surface area contributed by atoms with Gasteiger partial charge in [-0.25, -0.2) is 0 Å². The highest BCUT2D eigenvalue weighted by atomic mass is 32.1. The molecule has 0 aliphatic rings. The predicted molar refractivity (Wildman–Crippen MR) is 99.0 cm³/mol. The van der Waals surface area contributed by atoms with Crippen molar-refractivity contribution in [3.8, 4) is 10.4 Å². The molecule has 2 aromatic carbocycles. The molecule has 0 unspecified atom stereocenters. The monoisotopic (exact) mass is 386 g/mol. The summed E-state index contributed by atoms with van der Waals surface area (Å²) in [6.45, 7) is -0.0147. The van der Waals surface area contributed by atoms with Gasteiger partial charge in [-0.15, -0.1) is 11.3 Å². The highest BCUT2D eigenvalue weighted by Crippen LogP contribution is 2.41. The maximum absolute atomic E-state index is 13.8. The van der Waals surface area contributed by atoms with Crippen molar-refractivity contribution in [1.29, 1.82) is 0 Å². The Bertz CT molecular complexity index is 1110. The van der Waals surface area contributed by atoms with E-state index in [1.807, 2.05) is 0 Å². The minimum absolute atomic E-state index is 0.0147. The zero-order valence-corrected chi connectivity index (χ0v) is 14.7. The van der Waals surface area contributed by atoms with Crippen molar-refractivity contribution < 1.29 is 18.0 Å². The molecule has 0 bridgehead atoms. The van der Waals surface area contributed by atoms with Gasteiger partial charge in [-0.1, -0.05) is 24.3 Å². The van der Waals surface area contributed by atoms with Crippen LogP contribution in [-0.2, 0) is 12.7 Å². The summed E-state index contributed by atoms with van der Waals surface area (Å²) in [6.07, 6.45) is -2.10. The number of carbonyl (C=O) groups excluding carboxylic acids is 1. The van der Waals surface area contributed by atoms with Gasteiger partial charge < -0.3 is 0 Å². The Hall–Kier alpha value is -2.93. The third kappa shape index (κ3) is 3.38. The van der Waals surface area contributed by atoms with E-state index in [2.05, 4.69) is 5.10 Å². The van der Waals surface area contributed by atoms with Gasteiger partial charge in [0.05, 0.1) is 17.6 Å². The Morgan fingerprint density at radius 1 is 1.11 bits per heavy atom. The number of aromatic nitrogens is 2. The predicted octanol–water partition coefficient (Wildman–Crippen LogP) is 5.64. The van der Waals surface area contributed by atoms with Crippen LogP contribution in [0.2, 0.25) is 0 Å². The fourth-order valence-corrected chi connectivity index (χ4v) is 3.89. The summed E-state index contributed by atoms with van der Waals surface area (Å²) in [7, 11) is 0. The maximum Gasteiger partial charge on any atom is 0.417 e. The second-order valence-electron chi connectivity index (χ2n) is 6.08. The Balaban J connectivity index is 1.80. The van der Waals surface area contributed by atoms with E-state index < -0.39 is 11.7 Å². The molecule has 0 spiro atoms. The summed E-state index contributed by atoms with van der Waals surface area (Å²) in [5, 5.41) is 6.80. The molecule has 0 aliphatic carbocycles. The van der Waals surface area contributed by atoms with E-state index in [9.17, 15) is 18.0 Å². The molecule has 7 heteroatoms. The van der Waals surface area contributed by atoms with Crippen molar-refractivity contribution >= 4 is 28.5 Å². The van der Waals surface area contributed by atoms with Gasteiger partial charge in [0.15, 0.2) is 0 Å². The summed E-state index contributed by atoms with van der Waals surface area (Å²) < 4.78 is 43.0. The van der Waals surface area contributed by atoms with E-state index in [1.54, 1.807) is 48.0 Å². The van der Waals surface area contributed by atoms with Crippen LogP contribution in [0.1, 0.15) is 21.5 Å². The number of alkyl halides is 3. The number of halogens is 3. The standard InChI is InChI=1S/C20H13F3N2OS/c21-20(22,23)19-14(3-1-4-16(19)18-5-2-8-27-18)10-25-11-15-9-13(12-26)6-7-17(15)24-25/h1-9,11-12H,10H2. The van der Waals surface area contributed by atoms with Crippen LogP contribution in [0.25, 0.3) is 21.3 Å². The van der Waals surface area contributed by atoms with Crippen molar-refractivity contribution in [2.24, 2.45) is 0 Å². The van der Waals surface area contributed by atoms with Crippen molar-refractivity contribution in [2.45, 2.75) is 12.7 Å². The molecule has 2 heterocycles. The molecule has 0 amide bonds. The summed E-state index contributed by atoms with van der Waals surface area (Å²) >= 11 is 1.27. The number of thiophene rings is 1. The van der Waals surface area contributed by atoms with Crippen molar-refractivity contribution in [2.75, 3.05) is 0 Å². The lowest BCUT2D eigenvalue weighted by molar-refractivity contribution is -0.137. The number of hydrogen-bond donors (Lipinski definition) is 0. The number of nitrogens with zero attached hydrogens (tertiary/aromatic N) is 2. The highest BCUT2D eigenvalue weighted by molar-refractivity contribution is 7.13. The molecule has 0 fully saturated rings. The van der Waals surface area contributed by atoms with Gasteiger partial charge >= 0.3 is 6.18 Å². The Morgan fingerprint density at radius 3 is 2.67 bits per heavy atom. The first-order chi connectivity index (χ1) is 13.0. The minimum Gasteiger partial charge on any atom is -0.298 e. The average molecular weight is 386 g/mol. The number of carbonyl (C=O) groups is 1. The number of rotatable bonds is 4. The van der Waals surface area contributed by atoms with E-state index in [-0.39, 0.29) is 17.7 Å². The van der Waals surface area contributed by atoms with E-state index >= 15 is 0 Å². The molecular formula is C20H13F3N2OS. The van der Waals surface area contributed by atoms with E-state index in [0.29, 0.717) is 21.3 Å². The molecular weight excluding hydrogens is 373 g/mol. The second-order valence-corrected chi connectivity index (χ2v) is 7.03. The molecule has 4 rings (SSSR count). The van der Waals surface area contributed by atoms with Crippen LogP contribution in [0.5, 0.6) is 0 Å².